The number of carbonyl (C=O) groups is 2. The summed E-state index contributed by atoms with van der Waals surface area (Å²) in [4.78, 5) is 31.3. The lowest BCUT2D eigenvalue weighted by molar-refractivity contribution is 0.0635. The van der Waals surface area contributed by atoms with Gasteiger partial charge in [-0.25, -0.2) is 0 Å². The van der Waals surface area contributed by atoms with Crippen LogP contribution in [0.25, 0.3) is 22.3 Å². The number of benzene rings is 2. The van der Waals surface area contributed by atoms with Gasteiger partial charge in [0, 0.05) is 42.6 Å². The fraction of sp³-hybridized carbons (Fsp3) is 0.292. The molecule has 1 spiro atoms. The number of rotatable bonds is 4. The van der Waals surface area contributed by atoms with Gasteiger partial charge >= 0.3 is 0 Å². The fourth-order valence-corrected chi connectivity index (χ4v) is 4.98. The Balaban J connectivity index is 1.20. The SMILES string of the molecule is COc1ccc(OC)c2[nH]c(C(=O)N3CCC4(CC3)NC(=O)c3cc(-c5nn[nH]n5)ccc3N4)cc12. The maximum absolute atomic E-state index is 13.3. The van der Waals surface area contributed by atoms with Crippen molar-refractivity contribution in [3.05, 3.63) is 47.7 Å². The summed E-state index contributed by atoms with van der Waals surface area (Å²) >= 11 is 0. The molecule has 4 heterocycles. The minimum atomic E-state index is -0.624. The molecule has 184 valence electrons. The van der Waals surface area contributed by atoms with Crippen LogP contribution in [-0.4, -0.2) is 75.3 Å². The van der Waals surface area contributed by atoms with E-state index < -0.39 is 5.66 Å². The molecular formula is C24H24N8O4. The van der Waals surface area contributed by atoms with Gasteiger partial charge < -0.3 is 30.0 Å². The third-order valence-corrected chi connectivity index (χ3v) is 6.88. The van der Waals surface area contributed by atoms with Crippen molar-refractivity contribution in [1.29, 1.82) is 0 Å². The standard InChI is InChI=1S/C24H24N8O4/c1-35-18-5-6-19(36-2)20-15(18)12-17(25-20)23(34)32-9-7-24(8-10-32)26-16-4-3-13(21-28-30-31-29-21)11-14(16)22(33)27-24/h3-6,11-12,25-26H,7-10H2,1-2H3,(H,27,33)(H,28,29,30,31). The molecule has 4 N–H and O–H groups in total. The molecule has 0 bridgehead atoms. The van der Waals surface area contributed by atoms with E-state index in [1.807, 2.05) is 18.2 Å². The Morgan fingerprint density at radius 2 is 1.81 bits per heavy atom. The first kappa shape index (κ1) is 21.9. The van der Waals surface area contributed by atoms with Gasteiger partial charge in [0.15, 0.2) is 0 Å². The third kappa shape index (κ3) is 3.49. The number of tetrazole rings is 1. The molecule has 2 aromatic heterocycles. The quantitative estimate of drug-likeness (QED) is 0.341. The van der Waals surface area contributed by atoms with Crippen molar-refractivity contribution in [1.82, 2.24) is 35.8 Å². The number of H-pyrrole nitrogens is 2. The van der Waals surface area contributed by atoms with E-state index in [-0.39, 0.29) is 11.8 Å². The molecule has 2 aliphatic rings. The number of fused-ring (bicyclic) bond motifs is 2. The first-order valence-corrected chi connectivity index (χ1v) is 11.5. The molecule has 0 atom stereocenters. The molecule has 2 aromatic carbocycles. The molecule has 0 saturated carbocycles. The van der Waals surface area contributed by atoms with Gasteiger partial charge in [-0.2, -0.15) is 5.21 Å². The number of likely N-dealkylation sites (tertiary alicyclic amines) is 1. The maximum Gasteiger partial charge on any atom is 0.270 e. The van der Waals surface area contributed by atoms with E-state index in [4.69, 9.17) is 9.47 Å². The summed E-state index contributed by atoms with van der Waals surface area (Å²) in [6.07, 6.45) is 1.12. The van der Waals surface area contributed by atoms with E-state index in [0.717, 1.165) is 11.1 Å². The highest BCUT2D eigenvalue weighted by atomic mass is 16.5. The average molecular weight is 489 g/mol. The summed E-state index contributed by atoms with van der Waals surface area (Å²) in [5.41, 5.74) is 2.50. The van der Waals surface area contributed by atoms with Crippen molar-refractivity contribution < 1.29 is 19.1 Å². The maximum atomic E-state index is 13.3. The summed E-state index contributed by atoms with van der Waals surface area (Å²) in [5.74, 6) is 1.43. The Hall–Kier alpha value is -4.61. The largest absolute Gasteiger partial charge is 0.496 e. The molecule has 1 fully saturated rings. The molecule has 12 nitrogen and oxygen atoms in total. The number of carbonyl (C=O) groups excluding carboxylic acids is 2. The second kappa shape index (κ2) is 8.26. The molecule has 36 heavy (non-hydrogen) atoms. The predicted octanol–water partition coefficient (Wildman–Crippen LogP) is 2.15. The zero-order valence-corrected chi connectivity index (χ0v) is 19.7. The highest BCUT2D eigenvalue weighted by molar-refractivity contribution is 6.04. The van der Waals surface area contributed by atoms with Crippen LogP contribution < -0.4 is 20.1 Å². The normalized spacial score (nSPS) is 16.4. The number of aromatic nitrogens is 5. The molecule has 1 saturated heterocycles. The third-order valence-electron chi connectivity index (χ3n) is 6.88. The van der Waals surface area contributed by atoms with Crippen molar-refractivity contribution in [2.75, 3.05) is 32.6 Å². The summed E-state index contributed by atoms with van der Waals surface area (Å²) < 4.78 is 10.9. The smallest absolute Gasteiger partial charge is 0.270 e. The highest BCUT2D eigenvalue weighted by Gasteiger charge is 2.41. The number of hydrogen-bond donors (Lipinski definition) is 4. The van der Waals surface area contributed by atoms with Gasteiger partial charge in [-0.1, -0.05) is 0 Å². The summed E-state index contributed by atoms with van der Waals surface area (Å²) in [6, 6.07) is 10.9. The zero-order chi connectivity index (χ0) is 24.9. The van der Waals surface area contributed by atoms with Crippen LogP contribution in [0.3, 0.4) is 0 Å². The molecule has 4 aromatic rings. The van der Waals surface area contributed by atoms with Crippen LogP contribution in [0.5, 0.6) is 11.5 Å². The van der Waals surface area contributed by atoms with E-state index in [1.54, 1.807) is 37.3 Å². The number of nitrogens with one attached hydrogen (secondary N) is 4. The van der Waals surface area contributed by atoms with Crippen molar-refractivity contribution in [3.63, 3.8) is 0 Å². The Morgan fingerprint density at radius 3 is 2.53 bits per heavy atom. The lowest BCUT2D eigenvalue weighted by Crippen LogP contribution is -2.62. The number of aromatic amines is 2. The first-order chi connectivity index (χ1) is 17.5. The topological polar surface area (TPSA) is 150 Å². The van der Waals surface area contributed by atoms with E-state index in [9.17, 15) is 9.59 Å². The number of amides is 2. The van der Waals surface area contributed by atoms with E-state index in [1.165, 1.54) is 0 Å². The molecule has 0 aliphatic carbocycles. The fourth-order valence-electron chi connectivity index (χ4n) is 4.98. The Bertz CT molecular complexity index is 1430. The number of methoxy groups -OCH3 is 2. The minimum absolute atomic E-state index is 0.113. The molecular weight excluding hydrogens is 464 g/mol. The van der Waals surface area contributed by atoms with Crippen molar-refractivity contribution in [2.24, 2.45) is 0 Å². The Morgan fingerprint density at radius 1 is 1.03 bits per heavy atom. The van der Waals surface area contributed by atoms with Crippen LogP contribution in [0.2, 0.25) is 0 Å². The van der Waals surface area contributed by atoms with Crippen molar-refractivity contribution >= 4 is 28.4 Å². The van der Waals surface area contributed by atoms with Gasteiger partial charge in [-0.05, 0) is 41.6 Å². The molecule has 6 rings (SSSR count). The lowest BCUT2D eigenvalue weighted by Gasteiger charge is -2.45. The van der Waals surface area contributed by atoms with E-state index >= 15 is 0 Å². The highest BCUT2D eigenvalue weighted by Crippen LogP contribution is 2.36. The summed E-state index contributed by atoms with van der Waals surface area (Å²) in [7, 11) is 3.18. The van der Waals surface area contributed by atoms with Gasteiger partial charge in [0.2, 0.25) is 5.82 Å². The first-order valence-electron chi connectivity index (χ1n) is 11.5. The molecule has 12 heteroatoms. The van der Waals surface area contributed by atoms with Crippen LogP contribution in [-0.2, 0) is 0 Å². The predicted molar refractivity (Wildman–Crippen MR) is 130 cm³/mol. The second-order valence-electron chi connectivity index (χ2n) is 8.89. The van der Waals surface area contributed by atoms with E-state index in [0.29, 0.717) is 65.6 Å². The molecule has 2 aliphatic heterocycles. The van der Waals surface area contributed by atoms with Gasteiger partial charge in [0.05, 0.1) is 25.3 Å². The number of anilines is 1. The van der Waals surface area contributed by atoms with Gasteiger partial charge in [-0.15, -0.1) is 10.2 Å². The number of ether oxygens (including phenoxy) is 2. The van der Waals surface area contributed by atoms with Gasteiger partial charge in [0.25, 0.3) is 11.8 Å². The average Bonchev–Trinajstić information content (AvgIpc) is 3.59. The minimum Gasteiger partial charge on any atom is -0.496 e. The van der Waals surface area contributed by atoms with Crippen LogP contribution in [0.15, 0.2) is 36.4 Å². The number of nitrogens with zero attached hydrogens (tertiary/aromatic N) is 4. The zero-order valence-electron chi connectivity index (χ0n) is 19.7. The molecule has 2 amide bonds. The Kier molecular flexibility index (Phi) is 5.02. The number of hydrogen-bond acceptors (Lipinski definition) is 8. The summed E-state index contributed by atoms with van der Waals surface area (Å²) in [6.45, 7) is 0.956. The van der Waals surface area contributed by atoms with Gasteiger partial charge in [-0.3, -0.25) is 9.59 Å². The van der Waals surface area contributed by atoms with E-state index in [2.05, 4.69) is 36.2 Å². The van der Waals surface area contributed by atoms with Crippen LogP contribution in [0.4, 0.5) is 5.69 Å². The van der Waals surface area contributed by atoms with Gasteiger partial charge in [0.1, 0.15) is 22.9 Å². The second-order valence-corrected chi connectivity index (χ2v) is 8.89. The monoisotopic (exact) mass is 488 g/mol. The van der Waals surface area contributed by atoms with Crippen molar-refractivity contribution in [3.8, 4) is 22.9 Å². The summed E-state index contributed by atoms with van der Waals surface area (Å²) in [5, 5.41) is 21.3. The Labute approximate surface area is 205 Å². The number of piperidine rings is 1. The molecule has 0 radical (unpaired) electrons. The van der Waals surface area contributed by atoms with Crippen LogP contribution >= 0.6 is 0 Å². The van der Waals surface area contributed by atoms with Crippen molar-refractivity contribution in [2.45, 2.75) is 18.5 Å². The van der Waals surface area contributed by atoms with Crippen LogP contribution in [0.1, 0.15) is 33.7 Å². The van der Waals surface area contributed by atoms with Crippen LogP contribution in [0, 0.1) is 0 Å². The lowest BCUT2D eigenvalue weighted by atomic mass is 9.91. The molecule has 0 unspecified atom stereocenters.